The second kappa shape index (κ2) is 8.93. The van der Waals surface area contributed by atoms with Crippen molar-refractivity contribution in [2.24, 2.45) is 5.92 Å². The van der Waals surface area contributed by atoms with E-state index in [0.717, 1.165) is 18.4 Å². The molecule has 2 amide bonds. The van der Waals surface area contributed by atoms with Crippen molar-refractivity contribution in [3.05, 3.63) is 41.1 Å². The number of hydrogen-bond donors (Lipinski definition) is 2. The maximum Gasteiger partial charge on any atom is 0.338 e. The third-order valence-electron chi connectivity index (χ3n) is 5.19. The maximum atomic E-state index is 12.9. The number of allylic oxidation sites excluding steroid dienone is 1. The summed E-state index contributed by atoms with van der Waals surface area (Å²) < 4.78 is 11.3. The highest BCUT2D eigenvalue weighted by Crippen LogP contribution is 2.34. The SMILES string of the molecule is CCOc1ccccc1[C@H]1NC(=O)NC(C)=C1C(=O)OCC1CCCCC1. The summed E-state index contributed by atoms with van der Waals surface area (Å²) >= 11 is 0. The molecule has 2 N–H and O–H groups in total. The summed E-state index contributed by atoms with van der Waals surface area (Å²) in [4.78, 5) is 24.9. The highest BCUT2D eigenvalue weighted by molar-refractivity contribution is 5.95. The number of benzene rings is 1. The standard InChI is InChI=1S/C21H28N2O4/c1-3-26-17-12-8-7-11-16(17)19-18(14(2)22-21(25)23-19)20(24)27-13-15-9-5-4-6-10-15/h7-8,11-12,15,19H,3-6,9-10,13H2,1-2H3,(H2,22,23,25)/t19-/m1/s1. The molecule has 0 aromatic heterocycles. The fourth-order valence-corrected chi connectivity index (χ4v) is 3.83. The zero-order valence-corrected chi connectivity index (χ0v) is 16.0. The first-order valence-corrected chi connectivity index (χ1v) is 9.77. The van der Waals surface area contributed by atoms with E-state index in [4.69, 9.17) is 9.47 Å². The van der Waals surface area contributed by atoms with E-state index in [-0.39, 0.29) is 12.0 Å². The van der Waals surface area contributed by atoms with Crippen LogP contribution in [0, 0.1) is 5.92 Å². The quantitative estimate of drug-likeness (QED) is 0.744. The molecule has 1 aliphatic heterocycles. The highest BCUT2D eigenvalue weighted by Gasteiger charge is 2.34. The van der Waals surface area contributed by atoms with Crippen molar-refractivity contribution in [1.29, 1.82) is 0 Å². The Kier molecular flexibility index (Phi) is 6.37. The lowest BCUT2D eigenvalue weighted by atomic mass is 9.90. The third-order valence-corrected chi connectivity index (χ3v) is 5.19. The Labute approximate surface area is 160 Å². The lowest BCUT2D eigenvalue weighted by molar-refractivity contribution is -0.141. The number of carbonyl (C=O) groups excluding carboxylic acids is 2. The van der Waals surface area contributed by atoms with Gasteiger partial charge in [0.25, 0.3) is 0 Å². The van der Waals surface area contributed by atoms with E-state index >= 15 is 0 Å². The summed E-state index contributed by atoms with van der Waals surface area (Å²) in [6, 6.07) is 6.51. The van der Waals surface area contributed by atoms with Gasteiger partial charge in [0.05, 0.1) is 24.8 Å². The molecule has 1 aromatic carbocycles. The molecule has 1 saturated carbocycles. The summed E-state index contributed by atoms with van der Waals surface area (Å²) in [7, 11) is 0. The molecule has 0 spiro atoms. The fraction of sp³-hybridized carbons (Fsp3) is 0.524. The predicted molar refractivity (Wildman–Crippen MR) is 102 cm³/mol. The Balaban J connectivity index is 1.82. The molecule has 1 aliphatic carbocycles. The first-order valence-electron chi connectivity index (χ1n) is 9.77. The van der Waals surface area contributed by atoms with Gasteiger partial charge in [-0.3, -0.25) is 0 Å². The molecule has 0 radical (unpaired) electrons. The van der Waals surface area contributed by atoms with E-state index in [2.05, 4.69) is 10.6 Å². The Morgan fingerprint density at radius 3 is 2.67 bits per heavy atom. The van der Waals surface area contributed by atoms with Gasteiger partial charge in [-0.2, -0.15) is 0 Å². The predicted octanol–water partition coefficient (Wildman–Crippen LogP) is 3.84. The number of hydrogen-bond acceptors (Lipinski definition) is 4. The number of urea groups is 1. The van der Waals surface area contributed by atoms with Crippen molar-refractivity contribution in [3.8, 4) is 5.75 Å². The summed E-state index contributed by atoms with van der Waals surface area (Å²) in [6.07, 6.45) is 5.88. The number of rotatable bonds is 6. The maximum absolute atomic E-state index is 12.9. The van der Waals surface area contributed by atoms with Crippen molar-refractivity contribution in [3.63, 3.8) is 0 Å². The molecule has 27 heavy (non-hydrogen) atoms. The molecule has 3 rings (SSSR count). The first-order chi connectivity index (χ1) is 13.1. The molecule has 0 unspecified atom stereocenters. The number of carbonyl (C=O) groups is 2. The second-order valence-electron chi connectivity index (χ2n) is 7.14. The molecule has 6 nitrogen and oxygen atoms in total. The van der Waals surface area contributed by atoms with Crippen LogP contribution in [0.15, 0.2) is 35.5 Å². The second-order valence-corrected chi connectivity index (χ2v) is 7.14. The molecular weight excluding hydrogens is 344 g/mol. The van der Waals surface area contributed by atoms with Crippen LogP contribution < -0.4 is 15.4 Å². The van der Waals surface area contributed by atoms with Gasteiger partial charge in [-0.25, -0.2) is 9.59 Å². The lowest BCUT2D eigenvalue weighted by Gasteiger charge is -2.30. The largest absolute Gasteiger partial charge is 0.494 e. The average Bonchev–Trinajstić information content (AvgIpc) is 2.67. The molecule has 146 valence electrons. The van der Waals surface area contributed by atoms with Crippen LogP contribution in [0.25, 0.3) is 0 Å². The summed E-state index contributed by atoms with van der Waals surface area (Å²) in [5.74, 6) is 0.698. The van der Waals surface area contributed by atoms with Crippen LogP contribution in [0.2, 0.25) is 0 Å². The molecule has 0 saturated heterocycles. The highest BCUT2D eigenvalue weighted by atomic mass is 16.5. The van der Waals surface area contributed by atoms with Crippen LogP contribution in [-0.4, -0.2) is 25.2 Å². The molecule has 2 aliphatic rings. The molecular formula is C21H28N2O4. The van der Waals surface area contributed by atoms with Crippen molar-refractivity contribution < 1.29 is 19.1 Å². The van der Waals surface area contributed by atoms with E-state index in [1.807, 2.05) is 31.2 Å². The topological polar surface area (TPSA) is 76.7 Å². The fourth-order valence-electron chi connectivity index (χ4n) is 3.83. The average molecular weight is 372 g/mol. The molecule has 1 atom stereocenters. The zero-order chi connectivity index (χ0) is 19.2. The minimum Gasteiger partial charge on any atom is -0.494 e. The van der Waals surface area contributed by atoms with Gasteiger partial charge in [0.1, 0.15) is 5.75 Å². The summed E-state index contributed by atoms with van der Waals surface area (Å²) in [6.45, 7) is 4.56. The van der Waals surface area contributed by atoms with Gasteiger partial charge < -0.3 is 20.1 Å². The van der Waals surface area contributed by atoms with Gasteiger partial charge in [-0.05, 0) is 38.7 Å². The zero-order valence-electron chi connectivity index (χ0n) is 16.0. The molecule has 6 heteroatoms. The van der Waals surface area contributed by atoms with E-state index in [0.29, 0.717) is 36.2 Å². The Bertz CT molecular complexity index is 723. The van der Waals surface area contributed by atoms with E-state index in [1.54, 1.807) is 6.92 Å². The van der Waals surface area contributed by atoms with E-state index < -0.39 is 6.04 Å². The number of para-hydroxylation sites is 1. The van der Waals surface area contributed by atoms with Gasteiger partial charge >= 0.3 is 12.0 Å². The van der Waals surface area contributed by atoms with Crippen LogP contribution in [0.5, 0.6) is 5.75 Å². The van der Waals surface area contributed by atoms with E-state index in [1.165, 1.54) is 19.3 Å². The van der Waals surface area contributed by atoms with Gasteiger partial charge in [0.15, 0.2) is 0 Å². The van der Waals surface area contributed by atoms with Gasteiger partial charge in [0, 0.05) is 11.3 Å². The smallest absolute Gasteiger partial charge is 0.338 e. The first kappa shape index (κ1) is 19.3. The molecule has 1 heterocycles. The monoisotopic (exact) mass is 372 g/mol. The van der Waals surface area contributed by atoms with Gasteiger partial charge in [-0.1, -0.05) is 37.5 Å². The molecule has 1 aromatic rings. The summed E-state index contributed by atoms with van der Waals surface area (Å²) in [5, 5.41) is 5.53. The number of esters is 1. The van der Waals surface area contributed by atoms with Crippen LogP contribution in [-0.2, 0) is 9.53 Å². The van der Waals surface area contributed by atoms with Crippen molar-refractivity contribution >= 4 is 12.0 Å². The Hall–Kier alpha value is -2.50. The van der Waals surface area contributed by atoms with Crippen LogP contribution >= 0.6 is 0 Å². The van der Waals surface area contributed by atoms with Gasteiger partial charge in [0.2, 0.25) is 0 Å². The minimum atomic E-state index is -0.597. The number of nitrogens with one attached hydrogen (secondary N) is 2. The Morgan fingerprint density at radius 2 is 1.93 bits per heavy atom. The minimum absolute atomic E-state index is 0.340. The van der Waals surface area contributed by atoms with Crippen molar-refractivity contribution in [2.45, 2.75) is 52.0 Å². The van der Waals surface area contributed by atoms with Crippen LogP contribution in [0.1, 0.15) is 57.6 Å². The molecule has 0 bridgehead atoms. The summed E-state index contributed by atoms with van der Waals surface area (Å²) in [5.41, 5.74) is 1.69. The van der Waals surface area contributed by atoms with Crippen LogP contribution in [0.4, 0.5) is 4.79 Å². The lowest BCUT2D eigenvalue weighted by Crippen LogP contribution is -2.45. The van der Waals surface area contributed by atoms with E-state index in [9.17, 15) is 9.59 Å². The van der Waals surface area contributed by atoms with Crippen molar-refractivity contribution in [2.75, 3.05) is 13.2 Å². The number of amides is 2. The van der Waals surface area contributed by atoms with Crippen LogP contribution in [0.3, 0.4) is 0 Å². The molecule has 1 fully saturated rings. The Morgan fingerprint density at radius 1 is 1.19 bits per heavy atom. The van der Waals surface area contributed by atoms with Crippen molar-refractivity contribution in [1.82, 2.24) is 10.6 Å². The third kappa shape index (κ3) is 4.62. The van der Waals surface area contributed by atoms with Gasteiger partial charge in [-0.15, -0.1) is 0 Å². The normalized spacial score (nSPS) is 20.7. The number of ether oxygens (including phenoxy) is 2.